The molecular weight excluding hydrogens is 240 g/mol. The molecule has 0 spiro atoms. The minimum absolute atomic E-state index is 0.518. The van der Waals surface area contributed by atoms with Crippen LogP contribution in [-0.2, 0) is 0 Å². The van der Waals surface area contributed by atoms with E-state index < -0.39 is 0 Å². The Morgan fingerprint density at radius 2 is 1.83 bits per heavy atom. The molecule has 1 aromatic carbocycles. The van der Waals surface area contributed by atoms with Gasteiger partial charge >= 0.3 is 0 Å². The SMILES string of the molecule is Cc1ccc(C(C)C)c(OCCCCCCS)c1. The summed E-state index contributed by atoms with van der Waals surface area (Å²) in [5.41, 5.74) is 2.58. The summed E-state index contributed by atoms with van der Waals surface area (Å²) < 4.78 is 5.94. The fourth-order valence-electron chi connectivity index (χ4n) is 1.99. The molecule has 2 heteroatoms. The molecule has 1 rings (SSSR count). The van der Waals surface area contributed by atoms with Crippen molar-refractivity contribution in [1.29, 1.82) is 0 Å². The highest BCUT2D eigenvalue weighted by Gasteiger charge is 2.07. The lowest BCUT2D eigenvalue weighted by Crippen LogP contribution is -2.02. The summed E-state index contributed by atoms with van der Waals surface area (Å²) in [5, 5.41) is 0. The molecule has 0 aliphatic heterocycles. The van der Waals surface area contributed by atoms with Crippen LogP contribution >= 0.6 is 12.6 Å². The molecule has 18 heavy (non-hydrogen) atoms. The third-order valence-electron chi connectivity index (χ3n) is 3.10. The molecule has 0 aliphatic carbocycles. The van der Waals surface area contributed by atoms with Crippen molar-refractivity contribution in [2.45, 2.75) is 52.4 Å². The second kappa shape index (κ2) is 8.47. The van der Waals surface area contributed by atoms with Gasteiger partial charge in [-0.1, -0.05) is 38.8 Å². The number of hydrogen-bond acceptors (Lipinski definition) is 2. The molecule has 0 amide bonds. The Balaban J connectivity index is 2.43. The van der Waals surface area contributed by atoms with Crippen molar-refractivity contribution in [2.24, 2.45) is 0 Å². The van der Waals surface area contributed by atoms with Gasteiger partial charge < -0.3 is 4.74 Å². The molecular formula is C16H26OS. The van der Waals surface area contributed by atoms with Crippen LogP contribution in [0.2, 0.25) is 0 Å². The molecule has 0 N–H and O–H groups in total. The Hall–Kier alpha value is -0.630. The summed E-state index contributed by atoms with van der Waals surface area (Å²) in [5.74, 6) is 2.58. The molecule has 0 unspecified atom stereocenters. The van der Waals surface area contributed by atoms with Gasteiger partial charge in [0.05, 0.1) is 6.61 Å². The Morgan fingerprint density at radius 3 is 2.50 bits per heavy atom. The second-order valence-electron chi connectivity index (χ2n) is 5.18. The normalized spacial score (nSPS) is 10.9. The molecule has 0 aromatic heterocycles. The number of ether oxygens (including phenoxy) is 1. The molecule has 1 nitrogen and oxygen atoms in total. The van der Waals surface area contributed by atoms with Crippen molar-refractivity contribution < 1.29 is 4.74 Å². The topological polar surface area (TPSA) is 9.23 Å². The van der Waals surface area contributed by atoms with E-state index in [0.717, 1.165) is 24.5 Å². The van der Waals surface area contributed by atoms with Gasteiger partial charge in [-0.25, -0.2) is 0 Å². The lowest BCUT2D eigenvalue weighted by atomic mass is 10.0. The van der Waals surface area contributed by atoms with Crippen LogP contribution in [0.1, 0.15) is 56.6 Å². The van der Waals surface area contributed by atoms with Crippen molar-refractivity contribution in [2.75, 3.05) is 12.4 Å². The van der Waals surface area contributed by atoms with Crippen LogP contribution in [0.15, 0.2) is 18.2 Å². The standard InChI is InChI=1S/C16H26OS/c1-13(2)15-9-8-14(3)12-16(15)17-10-6-4-5-7-11-18/h8-9,12-13,18H,4-7,10-11H2,1-3H3. The number of rotatable bonds is 8. The van der Waals surface area contributed by atoms with Gasteiger partial charge in [0.25, 0.3) is 0 Å². The van der Waals surface area contributed by atoms with Crippen LogP contribution in [0.4, 0.5) is 0 Å². The van der Waals surface area contributed by atoms with E-state index in [2.05, 4.69) is 51.6 Å². The lowest BCUT2D eigenvalue weighted by molar-refractivity contribution is 0.301. The predicted octanol–water partition coefficient (Wildman–Crippen LogP) is 4.99. The van der Waals surface area contributed by atoms with Gasteiger partial charge in [0.1, 0.15) is 5.75 Å². The molecule has 0 atom stereocenters. The molecule has 0 fully saturated rings. The van der Waals surface area contributed by atoms with E-state index in [1.807, 2.05) is 0 Å². The molecule has 0 aliphatic rings. The molecule has 0 saturated heterocycles. The van der Waals surface area contributed by atoms with Gasteiger partial charge in [0, 0.05) is 0 Å². The third kappa shape index (κ3) is 5.34. The zero-order valence-electron chi connectivity index (χ0n) is 11.9. The molecule has 0 radical (unpaired) electrons. The quantitative estimate of drug-likeness (QED) is 0.515. The predicted molar refractivity (Wildman–Crippen MR) is 83.1 cm³/mol. The second-order valence-corrected chi connectivity index (χ2v) is 5.63. The average molecular weight is 266 g/mol. The maximum Gasteiger partial charge on any atom is 0.122 e. The highest BCUT2D eigenvalue weighted by atomic mass is 32.1. The highest BCUT2D eigenvalue weighted by Crippen LogP contribution is 2.27. The zero-order valence-corrected chi connectivity index (χ0v) is 12.8. The van der Waals surface area contributed by atoms with Crippen LogP contribution in [0.25, 0.3) is 0 Å². The minimum atomic E-state index is 0.518. The molecule has 0 saturated carbocycles. The summed E-state index contributed by atoms with van der Waals surface area (Å²) >= 11 is 4.22. The third-order valence-corrected chi connectivity index (χ3v) is 3.42. The van der Waals surface area contributed by atoms with E-state index in [-0.39, 0.29) is 0 Å². The number of benzene rings is 1. The summed E-state index contributed by atoms with van der Waals surface area (Å²) in [6, 6.07) is 6.51. The van der Waals surface area contributed by atoms with Gasteiger partial charge in [0.2, 0.25) is 0 Å². The van der Waals surface area contributed by atoms with Gasteiger partial charge in [-0.05, 0) is 48.6 Å². The van der Waals surface area contributed by atoms with Crippen molar-refractivity contribution in [3.05, 3.63) is 29.3 Å². The first-order valence-electron chi connectivity index (χ1n) is 6.99. The summed E-state index contributed by atoms with van der Waals surface area (Å²) in [4.78, 5) is 0. The van der Waals surface area contributed by atoms with E-state index in [9.17, 15) is 0 Å². The summed E-state index contributed by atoms with van der Waals surface area (Å²) in [6.07, 6.45) is 4.85. The molecule has 0 bridgehead atoms. The summed E-state index contributed by atoms with van der Waals surface area (Å²) in [7, 11) is 0. The fourth-order valence-corrected chi connectivity index (χ4v) is 2.22. The van der Waals surface area contributed by atoms with E-state index in [1.165, 1.54) is 30.4 Å². The smallest absolute Gasteiger partial charge is 0.122 e. The first kappa shape index (κ1) is 15.4. The lowest BCUT2D eigenvalue weighted by Gasteiger charge is -2.14. The Morgan fingerprint density at radius 1 is 1.11 bits per heavy atom. The van der Waals surface area contributed by atoms with Crippen LogP contribution in [0.5, 0.6) is 5.75 Å². The van der Waals surface area contributed by atoms with Crippen molar-refractivity contribution in [3.63, 3.8) is 0 Å². The number of unbranched alkanes of at least 4 members (excludes halogenated alkanes) is 3. The van der Waals surface area contributed by atoms with E-state index in [1.54, 1.807) is 0 Å². The van der Waals surface area contributed by atoms with Gasteiger partial charge in [-0.15, -0.1) is 0 Å². The summed E-state index contributed by atoms with van der Waals surface area (Å²) in [6.45, 7) is 7.37. The monoisotopic (exact) mass is 266 g/mol. The first-order valence-corrected chi connectivity index (χ1v) is 7.62. The van der Waals surface area contributed by atoms with Gasteiger partial charge in [-0.3, -0.25) is 0 Å². The maximum absolute atomic E-state index is 5.94. The number of aryl methyl sites for hydroxylation is 1. The van der Waals surface area contributed by atoms with Crippen LogP contribution in [0.3, 0.4) is 0 Å². The average Bonchev–Trinajstić information content (AvgIpc) is 2.33. The fraction of sp³-hybridized carbons (Fsp3) is 0.625. The Labute approximate surface area is 117 Å². The minimum Gasteiger partial charge on any atom is -0.493 e. The Kier molecular flexibility index (Phi) is 7.26. The zero-order chi connectivity index (χ0) is 13.4. The van der Waals surface area contributed by atoms with Crippen LogP contribution < -0.4 is 4.74 Å². The van der Waals surface area contributed by atoms with E-state index in [0.29, 0.717) is 5.92 Å². The molecule has 1 aromatic rings. The molecule has 0 heterocycles. The van der Waals surface area contributed by atoms with E-state index >= 15 is 0 Å². The number of thiol groups is 1. The molecule has 102 valence electrons. The van der Waals surface area contributed by atoms with Crippen LogP contribution in [-0.4, -0.2) is 12.4 Å². The van der Waals surface area contributed by atoms with Gasteiger partial charge in [0.15, 0.2) is 0 Å². The van der Waals surface area contributed by atoms with Gasteiger partial charge in [-0.2, -0.15) is 12.6 Å². The Bertz CT molecular complexity index is 347. The van der Waals surface area contributed by atoms with Crippen molar-refractivity contribution in [3.8, 4) is 5.75 Å². The maximum atomic E-state index is 5.94. The number of hydrogen-bond donors (Lipinski definition) is 1. The first-order chi connectivity index (χ1) is 8.65. The van der Waals surface area contributed by atoms with Crippen molar-refractivity contribution >= 4 is 12.6 Å². The largest absolute Gasteiger partial charge is 0.493 e. The van der Waals surface area contributed by atoms with Crippen LogP contribution in [0, 0.1) is 6.92 Å². The van der Waals surface area contributed by atoms with E-state index in [4.69, 9.17) is 4.74 Å². The highest BCUT2D eigenvalue weighted by molar-refractivity contribution is 7.80. The van der Waals surface area contributed by atoms with Crippen molar-refractivity contribution in [1.82, 2.24) is 0 Å².